The number of nitrogens with zero attached hydrogens (tertiary/aromatic N) is 1. The van der Waals surface area contributed by atoms with Gasteiger partial charge in [-0.05, 0) is 24.6 Å². The maximum Gasteiger partial charge on any atom is 0.417 e. The van der Waals surface area contributed by atoms with Crippen LogP contribution in [0.5, 0.6) is 0 Å². The van der Waals surface area contributed by atoms with Crippen molar-refractivity contribution < 1.29 is 26.7 Å². The summed E-state index contributed by atoms with van der Waals surface area (Å²) in [6, 6.07) is 2.70. The SMILES string of the molecule is CCC(CO)NS(=O)(=O)c1ccc(C#N)c(C(F)(F)F)c1. The molecule has 1 aromatic rings. The molecular weight excluding hydrogens is 309 g/mol. The lowest BCUT2D eigenvalue weighted by atomic mass is 10.1. The van der Waals surface area contributed by atoms with Gasteiger partial charge >= 0.3 is 6.18 Å². The number of hydrogen-bond donors (Lipinski definition) is 2. The fraction of sp³-hybridized carbons (Fsp3) is 0.417. The van der Waals surface area contributed by atoms with E-state index in [2.05, 4.69) is 4.72 Å². The van der Waals surface area contributed by atoms with Crippen LogP contribution in [0, 0.1) is 11.3 Å². The fourth-order valence-corrected chi connectivity index (χ4v) is 2.90. The van der Waals surface area contributed by atoms with E-state index >= 15 is 0 Å². The Morgan fingerprint density at radius 2 is 2.05 bits per heavy atom. The van der Waals surface area contributed by atoms with Gasteiger partial charge in [-0.3, -0.25) is 0 Å². The number of nitrogens with one attached hydrogen (secondary N) is 1. The first kappa shape index (κ1) is 17.4. The molecule has 0 saturated heterocycles. The zero-order valence-electron chi connectivity index (χ0n) is 11.0. The molecule has 1 unspecified atom stereocenters. The molecule has 116 valence electrons. The third-order valence-electron chi connectivity index (χ3n) is 2.76. The number of alkyl halides is 3. The molecule has 0 aromatic heterocycles. The normalized spacial score (nSPS) is 13.7. The van der Waals surface area contributed by atoms with Crippen molar-refractivity contribution in [2.45, 2.75) is 30.5 Å². The van der Waals surface area contributed by atoms with Crippen LogP contribution in [0.3, 0.4) is 0 Å². The van der Waals surface area contributed by atoms with Crippen LogP contribution in [0.2, 0.25) is 0 Å². The highest BCUT2D eigenvalue weighted by atomic mass is 32.2. The van der Waals surface area contributed by atoms with Crippen molar-refractivity contribution in [1.82, 2.24) is 4.72 Å². The summed E-state index contributed by atoms with van der Waals surface area (Å²) in [5.41, 5.74) is -1.97. The third-order valence-corrected chi connectivity index (χ3v) is 4.28. The van der Waals surface area contributed by atoms with E-state index in [0.717, 1.165) is 12.1 Å². The molecule has 5 nitrogen and oxygen atoms in total. The molecule has 0 spiro atoms. The van der Waals surface area contributed by atoms with Gasteiger partial charge < -0.3 is 5.11 Å². The maximum atomic E-state index is 12.8. The first-order chi connectivity index (χ1) is 9.65. The second kappa shape index (κ2) is 6.43. The molecule has 1 aromatic carbocycles. The highest BCUT2D eigenvalue weighted by molar-refractivity contribution is 7.89. The van der Waals surface area contributed by atoms with Crippen molar-refractivity contribution in [3.05, 3.63) is 29.3 Å². The van der Waals surface area contributed by atoms with Crippen LogP contribution < -0.4 is 4.72 Å². The van der Waals surface area contributed by atoms with E-state index in [9.17, 15) is 21.6 Å². The monoisotopic (exact) mass is 322 g/mol. The highest BCUT2D eigenvalue weighted by Gasteiger charge is 2.35. The Bertz CT molecular complexity index is 647. The molecule has 1 rings (SSSR count). The number of benzene rings is 1. The lowest BCUT2D eigenvalue weighted by Gasteiger charge is -2.16. The number of rotatable bonds is 5. The summed E-state index contributed by atoms with van der Waals surface area (Å²) in [5, 5.41) is 17.6. The highest BCUT2D eigenvalue weighted by Crippen LogP contribution is 2.33. The largest absolute Gasteiger partial charge is 0.417 e. The van der Waals surface area contributed by atoms with Gasteiger partial charge in [0.25, 0.3) is 0 Å². The Hall–Kier alpha value is -1.63. The van der Waals surface area contributed by atoms with Crippen molar-refractivity contribution in [2.75, 3.05) is 6.61 Å². The van der Waals surface area contributed by atoms with Gasteiger partial charge in [-0.15, -0.1) is 0 Å². The molecule has 0 saturated carbocycles. The lowest BCUT2D eigenvalue weighted by Crippen LogP contribution is -2.37. The van der Waals surface area contributed by atoms with E-state index in [1.54, 1.807) is 6.92 Å². The Morgan fingerprint density at radius 1 is 1.43 bits per heavy atom. The van der Waals surface area contributed by atoms with E-state index in [1.165, 1.54) is 6.07 Å². The number of aliphatic hydroxyl groups is 1. The van der Waals surface area contributed by atoms with E-state index in [4.69, 9.17) is 10.4 Å². The first-order valence-corrected chi connectivity index (χ1v) is 7.38. The van der Waals surface area contributed by atoms with Crippen LogP contribution >= 0.6 is 0 Å². The summed E-state index contributed by atoms with van der Waals surface area (Å²) in [7, 11) is -4.21. The van der Waals surface area contributed by atoms with Crippen LogP contribution in [0.4, 0.5) is 13.2 Å². The molecule has 1 atom stereocenters. The molecule has 0 fully saturated rings. The predicted octanol–water partition coefficient (Wildman–Crippen LogP) is 1.63. The Labute approximate surface area is 120 Å². The van der Waals surface area contributed by atoms with Crippen LogP contribution in [0.25, 0.3) is 0 Å². The molecule has 0 aliphatic carbocycles. The Morgan fingerprint density at radius 3 is 2.48 bits per heavy atom. The molecule has 0 radical (unpaired) electrons. The minimum Gasteiger partial charge on any atom is -0.395 e. The molecule has 21 heavy (non-hydrogen) atoms. The van der Waals surface area contributed by atoms with Crippen molar-refractivity contribution in [2.24, 2.45) is 0 Å². The zero-order valence-corrected chi connectivity index (χ0v) is 11.8. The molecule has 0 bridgehead atoms. The fourth-order valence-electron chi connectivity index (χ4n) is 1.56. The summed E-state index contributed by atoms with van der Waals surface area (Å²) in [5.74, 6) is 0. The summed E-state index contributed by atoms with van der Waals surface area (Å²) >= 11 is 0. The molecule has 0 aliphatic heterocycles. The average Bonchev–Trinajstić information content (AvgIpc) is 2.43. The van der Waals surface area contributed by atoms with Crippen molar-refractivity contribution in [1.29, 1.82) is 5.26 Å². The zero-order chi connectivity index (χ0) is 16.3. The third kappa shape index (κ3) is 4.17. The second-order valence-electron chi connectivity index (χ2n) is 4.23. The average molecular weight is 322 g/mol. The Kier molecular flexibility index (Phi) is 5.33. The van der Waals surface area contributed by atoms with Crippen molar-refractivity contribution in [3.8, 4) is 6.07 Å². The van der Waals surface area contributed by atoms with Crippen molar-refractivity contribution in [3.63, 3.8) is 0 Å². The molecular formula is C12H13F3N2O3S. The number of halogens is 3. The van der Waals surface area contributed by atoms with E-state index in [1.807, 2.05) is 0 Å². The summed E-state index contributed by atoms with van der Waals surface area (Å²) in [4.78, 5) is -0.610. The summed E-state index contributed by atoms with van der Waals surface area (Å²) < 4.78 is 64.4. The van der Waals surface area contributed by atoms with E-state index in [0.29, 0.717) is 6.07 Å². The Balaban J connectivity index is 3.30. The molecule has 9 heteroatoms. The smallest absolute Gasteiger partial charge is 0.395 e. The van der Waals surface area contributed by atoms with Gasteiger partial charge in [-0.25, -0.2) is 13.1 Å². The van der Waals surface area contributed by atoms with Gasteiger partial charge in [-0.2, -0.15) is 18.4 Å². The molecule has 2 N–H and O–H groups in total. The van der Waals surface area contributed by atoms with Gasteiger partial charge in [0.2, 0.25) is 10.0 Å². The van der Waals surface area contributed by atoms with Crippen LogP contribution in [0.1, 0.15) is 24.5 Å². The van der Waals surface area contributed by atoms with E-state index < -0.39 is 44.9 Å². The number of hydrogen-bond acceptors (Lipinski definition) is 4. The standard InChI is InChI=1S/C12H13F3N2O3S/c1-2-9(7-18)17-21(19,20)10-4-3-8(6-16)11(5-10)12(13,14)15/h3-5,9,17-18H,2,7H2,1H3. The number of sulfonamides is 1. The molecule has 0 aliphatic rings. The van der Waals surface area contributed by atoms with Crippen LogP contribution in [-0.2, 0) is 16.2 Å². The second-order valence-corrected chi connectivity index (χ2v) is 5.94. The molecule has 0 heterocycles. The van der Waals surface area contributed by atoms with Crippen LogP contribution in [-0.4, -0.2) is 26.2 Å². The quantitative estimate of drug-likeness (QED) is 0.862. The van der Waals surface area contributed by atoms with Gasteiger partial charge in [0.05, 0.1) is 28.7 Å². The number of aliphatic hydroxyl groups excluding tert-OH is 1. The number of nitriles is 1. The summed E-state index contributed by atoms with van der Waals surface area (Å²) in [6.07, 6.45) is -4.56. The predicted molar refractivity (Wildman–Crippen MR) is 67.6 cm³/mol. The van der Waals surface area contributed by atoms with Gasteiger partial charge in [0.15, 0.2) is 0 Å². The van der Waals surface area contributed by atoms with Crippen molar-refractivity contribution >= 4 is 10.0 Å². The molecule has 0 amide bonds. The minimum atomic E-state index is -4.84. The van der Waals surface area contributed by atoms with Gasteiger partial charge in [0.1, 0.15) is 0 Å². The van der Waals surface area contributed by atoms with E-state index in [-0.39, 0.29) is 6.42 Å². The maximum absolute atomic E-state index is 12.8. The van der Waals surface area contributed by atoms with Gasteiger partial charge in [-0.1, -0.05) is 6.92 Å². The minimum absolute atomic E-state index is 0.276. The van der Waals surface area contributed by atoms with Gasteiger partial charge in [0, 0.05) is 6.04 Å². The lowest BCUT2D eigenvalue weighted by molar-refractivity contribution is -0.137. The van der Waals surface area contributed by atoms with Crippen LogP contribution in [0.15, 0.2) is 23.1 Å². The summed E-state index contributed by atoms with van der Waals surface area (Å²) in [6.45, 7) is 1.14. The first-order valence-electron chi connectivity index (χ1n) is 5.90. The topological polar surface area (TPSA) is 90.2 Å².